The van der Waals surface area contributed by atoms with Gasteiger partial charge in [-0.05, 0) is 30.4 Å². The fourth-order valence-electron chi connectivity index (χ4n) is 2.31. The molecule has 18 heavy (non-hydrogen) atoms. The van der Waals surface area contributed by atoms with Gasteiger partial charge in [-0.15, -0.1) is 0 Å². The van der Waals surface area contributed by atoms with Crippen molar-refractivity contribution < 1.29 is 9.90 Å². The van der Waals surface area contributed by atoms with Gasteiger partial charge in [-0.1, -0.05) is 20.3 Å². The lowest BCUT2D eigenvalue weighted by molar-refractivity contribution is 0.0591. The highest BCUT2D eigenvalue weighted by atomic mass is 16.3. The molecule has 1 aliphatic heterocycles. The molecule has 4 nitrogen and oxygen atoms in total. The number of pyridine rings is 1. The molecule has 1 saturated heterocycles. The molecule has 1 amide bonds. The van der Waals surface area contributed by atoms with Gasteiger partial charge < -0.3 is 10.0 Å². The van der Waals surface area contributed by atoms with E-state index in [-0.39, 0.29) is 17.4 Å². The molecule has 1 aromatic rings. The van der Waals surface area contributed by atoms with Crippen LogP contribution in [0.4, 0.5) is 0 Å². The first-order valence-electron chi connectivity index (χ1n) is 6.49. The second kappa shape index (κ2) is 4.96. The molecular formula is C14H20N2O2. The Morgan fingerprint density at radius 2 is 2.17 bits per heavy atom. The number of likely N-dealkylation sites (tertiary alicyclic amines) is 1. The number of hydrogen-bond donors (Lipinski definition) is 1. The SMILES string of the molecule is CCC1(C)CCN(C(=O)c2ncccc2O)CC1. The quantitative estimate of drug-likeness (QED) is 0.874. The Balaban J connectivity index is 2.07. The van der Waals surface area contributed by atoms with Crippen LogP contribution >= 0.6 is 0 Å². The third kappa shape index (κ3) is 2.47. The van der Waals surface area contributed by atoms with E-state index in [9.17, 15) is 9.90 Å². The fourth-order valence-corrected chi connectivity index (χ4v) is 2.31. The first-order valence-corrected chi connectivity index (χ1v) is 6.49. The van der Waals surface area contributed by atoms with Crippen LogP contribution in [-0.4, -0.2) is 34.0 Å². The first-order chi connectivity index (χ1) is 8.56. The van der Waals surface area contributed by atoms with E-state index in [0.29, 0.717) is 5.41 Å². The van der Waals surface area contributed by atoms with Crippen LogP contribution in [0.3, 0.4) is 0 Å². The van der Waals surface area contributed by atoms with Crippen LogP contribution in [-0.2, 0) is 0 Å². The molecule has 98 valence electrons. The highest BCUT2D eigenvalue weighted by Gasteiger charge is 2.31. The number of rotatable bonds is 2. The monoisotopic (exact) mass is 248 g/mol. The topological polar surface area (TPSA) is 53.4 Å². The number of amides is 1. The Kier molecular flexibility index (Phi) is 3.55. The van der Waals surface area contributed by atoms with Crippen molar-refractivity contribution in [3.63, 3.8) is 0 Å². The summed E-state index contributed by atoms with van der Waals surface area (Å²) in [6, 6.07) is 3.12. The highest BCUT2D eigenvalue weighted by molar-refractivity contribution is 5.94. The zero-order valence-corrected chi connectivity index (χ0v) is 11.0. The van der Waals surface area contributed by atoms with Gasteiger partial charge >= 0.3 is 0 Å². The number of carbonyl (C=O) groups is 1. The average Bonchev–Trinajstić information content (AvgIpc) is 2.39. The Morgan fingerprint density at radius 1 is 1.50 bits per heavy atom. The van der Waals surface area contributed by atoms with Crippen LogP contribution < -0.4 is 0 Å². The Labute approximate surface area is 108 Å². The maximum atomic E-state index is 12.2. The summed E-state index contributed by atoms with van der Waals surface area (Å²) < 4.78 is 0. The zero-order valence-electron chi connectivity index (χ0n) is 11.0. The Morgan fingerprint density at radius 3 is 2.72 bits per heavy atom. The Hall–Kier alpha value is -1.58. The first kappa shape index (κ1) is 12.9. The molecule has 0 unspecified atom stereocenters. The van der Waals surface area contributed by atoms with Crippen LogP contribution in [0.1, 0.15) is 43.6 Å². The minimum absolute atomic E-state index is 0.0358. The normalized spacial score (nSPS) is 18.7. The molecule has 0 saturated carbocycles. The van der Waals surface area contributed by atoms with Gasteiger partial charge in [-0.25, -0.2) is 4.98 Å². The third-order valence-electron chi connectivity index (χ3n) is 4.10. The van der Waals surface area contributed by atoms with Crippen LogP contribution in [0, 0.1) is 5.41 Å². The molecule has 1 fully saturated rings. The average molecular weight is 248 g/mol. The molecular weight excluding hydrogens is 228 g/mol. The second-order valence-electron chi connectivity index (χ2n) is 5.33. The van der Waals surface area contributed by atoms with Gasteiger partial charge in [-0.3, -0.25) is 4.79 Å². The van der Waals surface area contributed by atoms with E-state index < -0.39 is 0 Å². The van der Waals surface area contributed by atoms with Gasteiger partial charge in [0.2, 0.25) is 0 Å². The number of aromatic nitrogens is 1. The van der Waals surface area contributed by atoms with Gasteiger partial charge in [0.1, 0.15) is 5.75 Å². The minimum atomic E-state index is -0.161. The summed E-state index contributed by atoms with van der Waals surface area (Å²) in [6.07, 6.45) is 4.71. The van der Waals surface area contributed by atoms with Gasteiger partial charge in [0, 0.05) is 19.3 Å². The smallest absolute Gasteiger partial charge is 0.276 e. The minimum Gasteiger partial charge on any atom is -0.505 e. The van der Waals surface area contributed by atoms with Crippen molar-refractivity contribution in [3.05, 3.63) is 24.0 Å². The lowest BCUT2D eigenvalue weighted by Gasteiger charge is -2.38. The van der Waals surface area contributed by atoms with Crippen molar-refractivity contribution in [3.8, 4) is 5.75 Å². The van der Waals surface area contributed by atoms with Crippen molar-refractivity contribution in [2.75, 3.05) is 13.1 Å². The molecule has 0 atom stereocenters. The van der Waals surface area contributed by atoms with Crippen LogP contribution in [0.5, 0.6) is 5.75 Å². The molecule has 2 heterocycles. The molecule has 2 rings (SSSR count). The summed E-state index contributed by atoms with van der Waals surface area (Å²) >= 11 is 0. The van der Waals surface area contributed by atoms with Crippen LogP contribution in [0.2, 0.25) is 0 Å². The van der Waals surface area contributed by atoms with Gasteiger partial charge in [0.15, 0.2) is 5.69 Å². The second-order valence-corrected chi connectivity index (χ2v) is 5.33. The summed E-state index contributed by atoms with van der Waals surface area (Å²) in [5.41, 5.74) is 0.515. The summed E-state index contributed by atoms with van der Waals surface area (Å²) in [5.74, 6) is -0.197. The largest absolute Gasteiger partial charge is 0.505 e. The molecule has 1 aliphatic rings. The van der Waals surface area contributed by atoms with Crippen LogP contribution in [0.15, 0.2) is 18.3 Å². The molecule has 0 aliphatic carbocycles. The standard InChI is InChI=1S/C14H20N2O2/c1-3-14(2)6-9-16(10-7-14)13(18)12-11(17)5-4-8-15-12/h4-5,8,17H,3,6-7,9-10H2,1-2H3. The Bertz CT molecular complexity index is 437. The van der Waals surface area contributed by atoms with E-state index in [0.717, 1.165) is 32.4 Å². The number of nitrogens with zero attached hydrogens (tertiary/aromatic N) is 2. The molecule has 0 radical (unpaired) electrons. The van der Waals surface area contributed by atoms with Gasteiger partial charge in [-0.2, -0.15) is 0 Å². The van der Waals surface area contributed by atoms with Gasteiger partial charge in [0.05, 0.1) is 0 Å². The maximum absolute atomic E-state index is 12.2. The number of piperidine rings is 1. The zero-order chi connectivity index (χ0) is 13.2. The van der Waals surface area contributed by atoms with E-state index >= 15 is 0 Å². The molecule has 0 bridgehead atoms. The maximum Gasteiger partial charge on any atom is 0.276 e. The summed E-state index contributed by atoms with van der Waals surface area (Å²) in [7, 11) is 0. The lowest BCUT2D eigenvalue weighted by atomic mass is 9.78. The highest BCUT2D eigenvalue weighted by Crippen LogP contribution is 2.34. The van der Waals surface area contributed by atoms with Crippen molar-refractivity contribution in [1.29, 1.82) is 0 Å². The predicted molar refractivity (Wildman–Crippen MR) is 69.4 cm³/mol. The van der Waals surface area contributed by atoms with Crippen molar-refractivity contribution in [1.82, 2.24) is 9.88 Å². The van der Waals surface area contributed by atoms with E-state index in [1.54, 1.807) is 11.0 Å². The third-order valence-corrected chi connectivity index (χ3v) is 4.10. The van der Waals surface area contributed by atoms with Crippen molar-refractivity contribution in [2.24, 2.45) is 5.41 Å². The van der Waals surface area contributed by atoms with Crippen molar-refractivity contribution in [2.45, 2.75) is 33.1 Å². The summed E-state index contributed by atoms with van der Waals surface area (Å²) in [4.78, 5) is 18.0. The predicted octanol–water partition coefficient (Wildman–Crippen LogP) is 2.44. The summed E-state index contributed by atoms with van der Waals surface area (Å²) in [5, 5.41) is 9.65. The number of aromatic hydroxyl groups is 1. The molecule has 1 aromatic heterocycles. The van der Waals surface area contributed by atoms with E-state index in [4.69, 9.17) is 0 Å². The van der Waals surface area contributed by atoms with Crippen LogP contribution in [0.25, 0.3) is 0 Å². The molecule has 4 heteroatoms. The van der Waals surface area contributed by atoms with E-state index in [1.165, 1.54) is 12.3 Å². The fraction of sp³-hybridized carbons (Fsp3) is 0.571. The molecule has 0 spiro atoms. The summed E-state index contributed by atoms with van der Waals surface area (Å²) in [6.45, 7) is 5.97. The van der Waals surface area contributed by atoms with Crippen molar-refractivity contribution >= 4 is 5.91 Å². The number of hydrogen-bond acceptors (Lipinski definition) is 3. The number of carbonyl (C=O) groups excluding carboxylic acids is 1. The lowest BCUT2D eigenvalue weighted by Crippen LogP contribution is -2.42. The van der Waals surface area contributed by atoms with Gasteiger partial charge in [0.25, 0.3) is 5.91 Å². The van der Waals surface area contributed by atoms with E-state index in [1.807, 2.05) is 0 Å². The molecule has 1 N–H and O–H groups in total. The van der Waals surface area contributed by atoms with E-state index in [2.05, 4.69) is 18.8 Å². The molecule has 0 aromatic carbocycles.